The van der Waals surface area contributed by atoms with Crippen molar-refractivity contribution in [3.63, 3.8) is 0 Å². The molecule has 0 unspecified atom stereocenters. The second-order valence-electron chi connectivity index (χ2n) is 8.20. The summed E-state index contributed by atoms with van der Waals surface area (Å²) < 4.78 is 29.0. The molecule has 6 nitrogen and oxygen atoms in total. The summed E-state index contributed by atoms with van der Waals surface area (Å²) in [5.74, 6) is -0.214. The number of benzene rings is 1. The van der Waals surface area contributed by atoms with E-state index in [2.05, 4.69) is 6.07 Å². The lowest BCUT2D eigenvalue weighted by Crippen LogP contribution is -2.48. The van der Waals surface area contributed by atoms with Gasteiger partial charge in [-0.05, 0) is 55.7 Å². The molecule has 5 rings (SSSR count). The number of hydrogen-bond donors (Lipinski definition) is 0. The van der Waals surface area contributed by atoms with Crippen LogP contribution in [-0.2, 0) is 14.8 Å². The van der Waals surface area contributed by atoms with Gasteiger partial charge in [-0.1, -0.05) is 18.2 Å². The molecule has 2 aliphatic heterocycles. The zero-order valence-electron chi connectivity index (χ0n) is 17.1. The number of carbonyl (C=O) groups is 1. The topological polar surface area (TPSA) is 70.6 Å². The van der Waals surface area contributed by atoms with E-state index in [-0.39, 0.29) is 24.4 Å². The van der Waals surface area contributed by atoms with Crippen molar-refractivity contribution in [3.8, 4) is 0 Å². The maximum Gasteiger partial charge on any atom is 0.252 e. The Morgan fingerprint density at radius 2 is 1.90 bits per heavy atom. The molecular weight excluding hydrogens is 450 g/mol. The number of likely N-dealkylation sites (tertiary alicyclic amines) is 1. The van der Waals surface area contributed by atoms with Crippen molar-refractivity contribution in [2.24, 2.45) is 5.92 Å². The van der Waals surface area contributed by atoms with Crippen LogP contribution >= 0.6 is 22.7 Å². The van der Waals surface area contributed by atoms with Gasteiger partial charge in [-0.25, -0.2) is 13.4 Å². The van der Waals surface area contributed by atoms with Gasteiger partial charge in [0.05, 0.1) is 22.2 Å². The van der Waals surface area contributed by atoms with Crippen LogP contribution < -0.4 is 0 Å². The fourth-order valence-electron chi connectivity index (χ4n) is 4.62. The number of para-hydroxylation sites is 1. The van der Waals surface area contributed by atoms with E-state index in [0.717, 1.165) is 40.9 Å². The number of nitrogens with zero attached hydrogens (tertiary/aromatic N) is 3. The third-order valence-corrected chi connectivity index (χ3v) is 10.6. The summed E-state index contributed by atoms with van der Waals surface area (Å²) in [6.07, 6.45) is 4.42. The molecule has 2 fully saturated rings. The van der Waals surface area contributed by atoms with Gasteiger partial charge in [0.1, 0.15) is 9.22 Å². The standard InChI is InChI=1S/C22H25N3O3S3/c26-22(16-7-5-12-24(15-16)31(27,28)20-11-6-14-29-20)25-13-4-3-9-18(25)21-23-17-8-1-2-10-19(17)30-21/h1-2,6,8,10-11,14,16,18H,3-5,7,9,12-13,15H2/t16-,18-/m0/s1. The maximum atomic E-state index is 13.6. The van der Waals surface area contributed by atoms with E-state index >= 15 is 0 Å². The van der Waals surface area contributed by atoms with Crippen LogP contribution in [0.2, 0.25) is 0 Å². The Morgan fingerprint density at radius 1 is 1.03 bits per heavy atom. The van der Waals surface area contributed by atoms with Crippen LogP contribution in [0, 0.1) is 5.92 Å². The molecule has 0 spiro atoms. The zero-order chi connectivity index (χ0) is 21.4. The number of thiazole rings is 1. The van der Waals surface area contributed by atoms with E-state index in [1.54, 1.807) is 28.8 Å². The Kier molecular flexibility index (Phi) is 5.85. The highest BCUT2D eigenvalue weighted by atomic mass is 32.2. The van der Waals surface area contributed by atoms with Gasteiger partial charge in [-0.3, -0.25) is 4.79 Å². The van der Waals surface area contributed by atoms with E-state index in [0.29, 0.717) is 23.7 Å². The van der Waals surface area contributed by atoms with E-state index in [9.17, 15) is 13.2 Å². The zero-order valence-corrected chi connectivity index (χ0v) is 19.6. The molecule has 0 radical (unpaired) electrons. The number of carbonyl (C=O) groups excluding carboxylic acids is 1. The summed E-state index contributed by atoms with van der Waals surface area (Å²) in [5, 5.41) is 2.77. The van der Waals surface area contributed by atoms with Crippen molar-refractivity contribution in [3.05, 3.63) is 46.8 Å². The van der Waals surface area contributed by atoms with Gasteiger partial charge < -0.3 is 4.90 Å². The molecule has 2 aliphatic rings. The van der Waals surface area contributed by atoms with Crippen molar-refractivity contribution in [2.45, 2.75) is 42.4 Å². The molecule has 0 aliphatic carbocycles. The average molecular weight is 476 g/mol. The summed E-state index contributed by atoms with van der Waals surface area (Å²) in [6, 6.07) is 11.5. The minimum atomic E-state index is -3.53. The molecule has 1 amide bonds. The summed E-state index contributed by atoms with van der Waals surface area (Å²) >= 11 is 2.89. The number of piperidine rings is 2. The molecule has 31 heavy (non-hydrogen) atoms. The summed E-state index contributed by atoms with van der Waals surface area (Å²) in [4.78, 5) is 20.4. The van der Waals surface area contributed by atoms with Crippen molar-refractivity contribution in [2.75, 3.05) is 19.6 Å². The van der Waals surface area contributed by atoms with E-state index in [1.165, 1.54) is 15.6 Å². The third kappa shape index (κ3) is 4.04. The quantitative estimate of drug-likeness (QED) is 0.557. The van der Waals surface area contributed by atoms with Crippen molar-refractivity contribution < 1.29 is 13.2 Å². The molecule has 2 aromatic heterocycles. The Hall–Kier alpha value is -1.81. The molecule has 4 heterocycles. The highest BCUT2D eigenvalue weighted by molar-refractivity contribution is 7.91. The first-order chi connectivity index (χ1) is 15.0. The number of thiophene rings is 1. The Balaban J connectivity index is 1.37. The number of fused-ring (bicyclic) bond motifs is 1. The van der Waals surface area contributed by atoms with Crippen LogP contribution in [0.4, 0.5) is 0 Å². The van der Waals surface area contributed by atoms with Crippen molar-refractivity contribution in [1.82, 2.24) is 14.2 Å². The number of hydrogen-bond acceptors (Lipinski definition) is 6. The van der Waals surface area contributed by atoms with Crippen LogP contribution in [0.15, 0.2) is 46.0 Å². The van der Waals surface area contributed by atoms with Gasteiger partial charge in [0.15, 0.2) is 0 Å². The first-order valence-electron chi connectivity index (χ1n) is 10.7. The van der Waals surface area contributed by atoms with E-state index in [4.69, 9.17) is 4.98 Å². The molecule has 0 bridgehead atoms. The van der Waals surface area contributed by atoms with Gasteiger partial charge in [0.2, 0.25) is 5.91 Å². The van der Waals surface area contributed by atoms with Crippen LogP contribution in [-0.4, -0.2) is 48.1 Å². The fourth-order valence-corrected chi connectivity index (χ4v) is 8.40. The van der Waals surface area contributed by atoms with Crippen molar-refractivity contribution >= 4 is 48.8 Å². The molecule has 1 aromatic carbocycles. The summed E-state index contributed by atoms with van der Waals surface area (Å²) in [5.41, 5.74) is 0.978. The average Bonchev–Trinajstić information content (AvgIpc) is 3.49. The lowest BCUT2D eigenvalue weighted by Gasteiger charge is -2.39. The van der Waals surface area contributed by atoms with Crippen molar-refractivity contribution in [1.29, 1.82) is 0 Å². The molecule has 0 saturated carbocycles. The summed E-state index contributed by atoms with van der Waals surface area (Å²) in [7, 11) is -3.53. The first-order valence-corrected chi connectivity index (χ1v) is 13.9. The Morgan fingerprint density at radius 3 is 2.71 bits per heavy atom. The largest absolute Gasteiger partial charge is 0.333 e. The second kappa shape index (κ2) is 8.61. The van der Waals surface area contributed by atoms with Gasteiger partial charge in [0.25, 0.3) is 10.0 Å². The first kappa shape index (κ1) is 21.1. The van der Waals surface area contributed by atoms with E-state index in [1.807, 2.05) is 23.1 Å². The minimum absolute atomic E-state index is 0.0112. The number of rotatable bonds is 4. The van der Waals surface area contributed by atoms with Crippen LogP contribution in [0.5, 0.6) is 0 Å². The summed E-state index contributed by atoms with van der Waals surface area (Å²) in [6.45, 7) is 1.46. The lowest BCUT2D eigenvalue weighted by atomic mass is 9.94. The highest BCUT2D eigenvalue weighted by Gasteiger charge is 2.38. The monoisotopic (exact) mass is 475 g/mol. The predicted molar refractivity (Wildman–Crippen MR) is 124 cm³/mol. The lowest BCUT2D eigenvalue weighted by molar-refractivity contribution is -0.140. The van der Waals surface area contributed by atoms with Gasteiger partial charge in [-0.15, -0.1) is 22.7 Å². The normalized spacial score (nSPS) is 23.3. The molecule has 9 heteroatoms. The van der Waals surface area contributed by atoms with Crippen LogP contribution in [0.1, 0.15) is 43.2 Å². The Labute approximate surface area is 190 Å². The van der Waals surface area contributed by atoms with Gasteiger partial charge in [0, 0.05) is 19.6 Å². The molecule has 164 valence electrons. The molecular formula is C22H25N3O3S3. The molecule has 2 saturated heterocycles. The maximum absolute atomic E-state index is 13.6. The Bertz CT molecular complexity index is 1140. The van der Waals surface area contributed by atoms with Gasteiger partial charge in [-0.2, -0.15) is 4.31 Å². The smallest absolute Gasteiger partial charge is 0.252 e. The van der Waals surface area contributed by atoms with Gasteiger partial charge >= 0.3 is 0 Å². The molecule has 2 atom stereocenters. The SMILES string of the molecule is O=C([C@H]1CCCN(S(=O)(=O)c2cccs2)C1)N1CCCC[C@H]1c1nc2ccccc2s1. The minimum Gasteiger partial charge on any atom is -0.333 e. The number of aromatic nitrogens is 1. The highest BCUT2D eigenvalue weighted by Crippen LogP contribution is 2.37. The molecule has 0 N–H and O–H groups in total. The number of amides is 1. The predicted octanol–water partition coefficient (Wildman–Crippen LogP) is 4.51. The molecule has 3 aromatic rings. The van der Waals surface area contributed by atoms with Crippen LogP contribution in [0.3, 0.4) is 0 Å². The fraction of sp³-hybridized carbons (Fsp3) is 0.455. The van der Waals surface area contributed by atoms with E-state index < -0.39 is 10.0 Å². The second-order valence-corrected chi connectivity index (χ2v) is 12.4. The third-order valence-electron chi connectivity index (χ3n) is 6.20. The van der Waals surface area contributed by atoms with Crippen LogP contribution in [0.25, 0.3) is 10.2 Å². The number of sulfonamides is 1.